The molecule has 4 rings (SSSR count). The van der Waals surface area contributed by atoms with Crippen LogP contribution in [-0.2, 0) is 0 Å². The minimum absolute atomic E-state index is 0.0639. The zero-order chi connectivity index (χ0) is 22.9. The molecule has 2 aromatic rings. The van der Waals surface area contributed by atoms with Gasteiger partial charge in [0.2, 0.25) is 0 Å². The summed E-state index contributed by atoms with van der Waals surface area (Å²) in [5.74, 6) is -3.60. The van der Waals surface area contributed by atoms with Gasteiger partial charge in [0.25, 0.3) is 5.91 Å². The molecule has 1 aliphatic carbocycles. The monoisotopic (exact) mass is 447 g/mol. The van der Waals surface area contributed by atoms with E-state index in [0.29, 0.717) is 18.2 Å². The van der Waals surface area contributed by atoms with E-state index < -0.39 is 34.6 Å². The lowest BCUT2D eigenvalue weighted by atomic mass is 9.90. The SMILES string of the molecule is Cc1ccc(Nc2c(C(=O)N3CC(O)(CNC4CCCCC4)C3)ccc(F)c2F)c(F)c1. The summed E-state index contributed by atoms with van der Waals surface area (Å²) in [5.41, 5.74) is -0.987. The van der Waals surface area contributed by atoms with Crippen LogP contribution in [0.15, 0.2) is 30.3 Å². The first-order chi connectivity index (χ1) is 15.3. The molecule has 0 aromatic heterocycles. The van der Waals surface area contributed by atoms with Gasteiger partial charge < -0.3 is 20.6 Å². The number of carbonyl (C=O) groups is 1. The van der Waals surface area contributed by atoms with Gasteiger partial charge in [-0.25, -0.2) is 13.2 Å². The van der Waals surface area contributed by atoms with Crippen molar-refractivity contribution >= 4 is 17.3 Å². The highest BCUT2D eigenvalue weighted by atomic mass is 19.2. The van der Waals surface area contributed by atoms with E-state index in [4.69, 9.17) is 0 Å². The number of amides is 1. The Kier molecular flexibility index (Phi) is 6.44. The van der Waals surface area contributed by atoms with E-state index in [1.165, 1.54) is 42.4 Å². The fourth-order valence-electron chi connectivity index (χ4n) is 4.44. The predicted molar refractivity (Wildman–Crippen MR) is 117 cm³/mol. The van der Waals surface area contributed by atoms with Crippen LogP contribution < -0.4 is 10.6 Å². The number of β-amino-alcohol motifs (C(OH)–C–C–N with tert-alkyl or cyclic N) is 1. The Morgan fingerprint density at radius 2 is 1.81 bits per heavy atom. The third-order valence-corrected chi connectivity index (χ3v) is 6.29. The van der Waals surface area contributed by atoms with Crippen molar-refractivity contribution in [1.82, 2.24) is 10.2 Å². The van der Waals surface area contributed by atoms with Gasteiger partial charge in [-0.2, -0.15) is 0 Å². The maximum Gasteiger partial charge on any atom is 0.256 e. The smallest absolute Gasteiger partial charge is 0.256 e. The zero-order valence-electron chi connectivity index (χ0n) is 18.1. The number of hydrogen-bond acceptors (Lipinski definition) is 4. The molecule has 2 aliphatic rings. The van der Waals surface area contributed by atoms with Crippen LogP contribution in [0.2, 0.25) is 0 Å². The molecule has 0 radical (unpaired) electrons. The average Bonchev–Trinajstić information content (AvgIpc) is 2.75. The molecule has 1 heterocycles. The topological polar surface area (TPSA) is 64.6 Å². The van der Waals surface area contributed by atoms with Crippen LogP contribution >= 0.6 is 0 Å². The molecule has 0 unspecified atom stereocenters. The van der Waals surface area contributed by atoms with Crippen LogP contribution in [0.4, 0.5) is 24.5 Å². The number of hydrogen-bond donors (Lipinski definition) is 3. The summed E-state index contributed by atoms with van der Waals surface area (Å²) in [5, 5.41) is 16.6. The van der Waals surface area contributed by atoms with Gasteiger partial charge in [-0.1, -0.05) is 25.3 Å². The van der Waals surface area contributed by atoms with Gasteiger partial charge in [-0.15, -0.1) is 0 Å². The molecule has 0 atom stereocenters. The number of rotatable bonds is 6. The van der Waals surface area contributed by atoms with E-state index in [1.54, 1.807) is 13.0 Å². The highest BCUT2D eigenvalue weighted by molar-refractivity contribution is 6.01. The number of carbonyl (C=O) groups excluding carboxylic acids is 1. The third-order valence-electron chi connectivity index (χ3n) is 6.29. The quantitative estimate of drug-likeness (QED) is 0.619. The van der Waals surface area contributed by atoms with Crippen molar-refractivity contribution < 1.29 is 23.1 Å². The van der Waals surface area contributed by atoms with E-state index in [0.717, 1.165) is 18.9 Å². The van der Waals surface area contributed by atoms with Gasteiger partial charge in [0.05, 0.1) is 30.0 Å². The van der Waals surface area contributed by atoms with Gasteiger partial charge in [0.15, 0.2) is 11.6 Å². The summed E-state index contributed by atoms with van der Waals surface area (Å²) in [6.07, 6.45) is 5.75. The zero-order valence-corrected chi connectivity index (χ0v) is 18.1. The number of nitrogens with one attached hydrogen (secondary N) is 2. The summed E-state index contributed by atoms with van der Waals surface area (Å²) in [4.78, 5) is 14.4. The lowest BCUT2D eigenvalue weighted by molar-refractivity contribution is -0.0802. The predicted octanol–water partition coefficient (Wildman–Crippen LogP) is 4.27. The molecular formula is C24H28F3N3O2. The Labute approximate surface area is 185 Å². The fraction of sp³-hybridized carbons (Fsp3) is 0.458. The molecule has 0 bridgehead atoms. The molecule has 3 N–H and O–H groups in total. The highest BCUT2D eigenvalue weighted by Crippen LogP contribution is 2.31. The number of halogens is 3. The maximum absolute atomic E-state index is 14.6. The third kappa shape index (κ3) is 4.76. The lowest BCUT2D eigenvalue weighted by Gasteiger charge is -2.47. The van der Waals surface area contributed by atoms with Crippen LogP contribution in [0, 0.1) is 24.4 Å². The maximum atomic E-state index is 14.6. The largest absolute Gasteiger partial charge is 0.385 e. The fourth-order valence-corrected chi connectivity index (χ4v) is 4.44. The van der Waals surface area contributed by atoms with Gasteiger partial charge in [-0.3, -0.25) is 4.79 Å². The molecule has 8 heteroatoms. The normalized spacial score (nSPS) is 18.3. The molecule has 2 aromatic carbocycles. The number of benzene rings is 2. The second-order valence-corrected chi connectivity index (χ2v) is 8.99. The second-order valence-electron chi connectivity index (χ2n) is 8.99. The number of anilines is 2. The Bertz CT molecular complexity index is 1000. The molecule has 1 aliphatic heterocycles. The van der Waals surface area contributed by atoms with Crippen molar-refractivity contribution in [3.05, 3.63) is 58.9 Å². The van der Waals surface area contributed by atoms with Crippen molar-refractivity contribution in [3.63, 3.8) is 0 Å². The molecule has 172 valence electrons. The summed E-state index contributed by atoms with van der Waals surface area (Å²) in [7, 11) is 0. The minimum atomic E-state index is -1.26. The minimum Gasteiger partial charge on any atom is -0.385 e. The van der Waals surface area contributed by atoms with Crippen molar-refractivity contribution in [1.29, 1.82) is 0 Å². The molecule has 1 amide bonds. The standard InChI is InChI=1S/C24H28F3N3O2/c1-15-7-10-20(19(26)11-15)29-22-17(8-9-18(25)21(22)27)23(31)30-13-24(32,14-30)12-28-16-5-3-2-4-6-16/h7-11,16,28-29,32H,2-6,12-14H2,1H3. The number of likely N-dealkylation sites (tertiary alicyclic amines) is 1. The van der Waals surface area contributed by atoms with Crippen molar-refractivity contribution in [2.75, 3.05) is 25.0 Å². The van der Waals surface area contributed by atoms with Crippen LogP contribution in [0.3, 0.4) is 0 Å². The highest BCUT2D eigenvalue weighted by Gasteiger charge is 2.44. The summed E-state index contributed by atoms with van der Waals surface area (Å²) < 4.78 is 42.8. The first-order valence-corrected chi connectivity index (χ1v) is 11.0. The van der Waals surface area contributed by atoms with Crippen LogP contribution in [-0.4, -0.2) is 47.2 Å². The van der Waals surface area contributed by atoms with E-state index in [2.05, 4.69) is 10.6 Å². The molecule has 1 saturated carbocycles. The first-order valence-electron chi connectivity index (χ1n) is 11.0. The molecule has 0 spiro atoms. The van der Waals surface area contributed by atoms with Crippen molar-refractivity contribution in [2.24, 2.45) is 0 Å². The Balaban J connectivity index is 1.46. The van der Waals surface area contributed by atoms with E-state index in [1.807, 2.05) is 0 Å². The summed E-state index contributed by atoms with van der Waals surface area (Å²) >= 11 is 0. The molecular weight excluding hydrogens is 419 g/mol. The van der Waals surface area contributed by atoms with Crippen molar-refractivity contribution in [2.45, 2.75) is 50.7 Å². The first kappa shape index (κ1) is 22.6. The summed E-state index contributed by atoms with van der Waals surface area (Å²) in [6, 6.07) is 6.71. The van der Waals surface area contributed by atoms with Gasteiger partial charge >= 0.3 is 0 Å². The Morgan fingerprint density at radius 1 is 1.09 bits per heavy atom. The van der Waals surface area contributed by atoms with Crippen LogP contribution in [0.5, 0.6) is 0 Å². The van der Waals surface area contributed by atoms with Crippen LogP contribution in [0.25, 0.3) is 0 Å². The van der Waals surface area contributed by atoms with E-state index >= 15 is 0 Å². The Morgan fingerprint density at radius 3 is 2.50 bits per heavy atom. The Hall–Kier alpha value is -2.58. The van der Waals surface area contributed by atoms with E-state index in [9.17, 15) is 23.1 Å². The second kappa shape index (κ2) is 9.11. The van der Waals surface area contributed by atoms with E-state index in [-0.39, 0.29) is 24.3 Å². The van der Waals surface area contributed by atoms with Gasteiger partial charge in [0.1, 0.15) is 11.4 Å². The molecule has 32 heavy (non-hydrogen) atoms. The molecule has 2 fully saturated rings. The average molecular weight is 448 g/mol. The number of nitrogens with zero attached hydrogens (tertiary/aromatic N) is 1. The number of aliphatic hydroxyl groups is 1. The van der Waals surface area contributed by atoms with Crippen molar-refractivity contribution in [3.8, 4) is 0 Å². The van der Waals surface area contributed by atoms with Gasteiger partial charge in [0, 0.05) is 12.6 Å². The summed E-state index contributed by atoms with van der Waals surface area (Å²) in [6.45, 7) is 2.25. The number of aryl methyl sites for hydroxylation is 1. The van der Waals surface area contributed by atoms with Crippen LogP contribution in [0.1, 0.15) is 48.0 Å². The molecule has 5 nitrogen and oxygen atoms in total. The van der Waals surface area contributed by atoms with Gasteiger partial charge in [-0.05, 0) is 49.6 Å². The lowest BCUT2D eigenvalue weighted by Crippen LogP contribution is -2.67. The molecule has 1 saturated heterocycles.